The van der Waals surface area contributed by atoms with E-state index >= 15 is 0 Å². The van der Waals surface area contributed by atoms with Crippen LogP contribution in [0.2, 0.25) is 0 Å². The number of rotatable bonds is 2. The zero-order valence-electron chi connectivity index (χ0n) is 10.3. The first kappa shape index (κ1) is 12.0. The highest BCUT2D eigenvalue weighted by Gasteiger charge is 2.09. The quantitative estimate of drug-likeness (QED) is 0.533. The molecule has 0 aliphatic heterocycles. The second kappa shape index (κ2) is 4.55. The van der Waals surface area contributed by atoms with Crippen molar-refractivity contribution < 1.29 is 4.74 Å². The molecule has 2 aromatic heterocycles. The van der Waals surface area contributed by atoms with E-state index < -0.39 is 0 Å². The molecule has 0 N–H and O–H groups in total. The number of aryl methyl sites for hydroxylation is 1. The van der Waals surface area contributed by atoms with Crippen molar-refractivity contribution in [1.82, 2.24) is 9.55 Å². The first-order valence-electron chi connectivity index (χ1n) is 5.77. The Morgan fingerprint density at radius 2 is 2.11 bits per heavy atom. The smallest absolute Gasteiger partial charge is 0.260 e. The molecule has 96 valence electrons. The number of ether oxygens (including phenoxy) is 1. The van der Waals surface area contributed by atoms with E-state index in [1.807, 2.05) is 24.3 Å². The van der Waals surface area contributed by atoms with Gasteiger partial charge in [-0.2, -0.15) is 0 Å². The standard InChI is InChI=1S/C14H11ClN2O2/c1-17-13-6-9(19-8-15)2-3-11(13)10-4-5-16-7-12(10)14(17)18/h2-7H,8H2,1H3. The fourth-order valence-electron chi connectivity index (χ4n) is 2.26. The highest BCUT2D eigenvalue weighted by atomic mass is 35.5. The summed E-state index contributed by atoms with van der Waals surface area (Å²) in [6.07, 6.45) is 3.28. The van der Waals surface area contributed by atoms with Crippen molar-refractivity contribution in [3.63, 3.8) is 0 Å². The van der Waals surface area contributed by atoms with E-state index in [1.165, 1.54) is 0 Å². The molecular formula is C14H11ClN2O2. The summed E-state index contributed by atoms with van der Waals surface area (Å²) >= 11 is 5.55. The number of nitrogens with zero attached hydrogens (tertiary/aromatic N) is 2. The van der Waals surface area contributed by atoms with Crippen LogP contribution >= 0.6 is 11.6 Å². The number of halogens is 1. The van der Waals surface area contributed by atoms with Crippen molar-refractivity contribution in [1.29, 1.82) is 0 Å². The number of hydrogen-bond donors (Lipinski definition) is 0. The molecule has 1 aromatic carbocycles. The summed E-state index contributed by atoms with van der Waals surface area (Å²) < 4.78 is 6.86. The zero-order chi connectivity index (χ0) is 13.4. The zero-order valence-corrected chi connectivity index (χ0v) is 11.0. The average molecular weight is 275 g/mol. The molecule has 0 amide bonds. The molecule has 0 spiro atoms. The van der Waals surface area contributed by atoms with Crippen LogP contribution in [-0.2, 0) is 7.05 Å². The normalized spacial score (nSPS) is 11.1. The molecule has 5 heteroatoms. The van der Waals surface area contributed by atoms with E-state index in [4.69, 9.17) is 16.3 Å². The van der Waals surface area contributed by atoms with Gasteiger partial charge in [0.25, 0.3) is 5.56 Å². The molecule has 3 rings (SSSR count). The van der Waals surface area contributed by atoms with Gasteiger partial charge in [-0.15, -0.1) is 0 Å². The molecule has 0 aliphatic rings. The molecule has 0 bridgehead atoms. The topological polar surface area (TPSA) is 44.1 Å². The fourth-order valence-corrected chi connectivity index (χ4v) is 2.39. The number of fused-ring (bicyclic) bond motifs is 3. The lowest BCUT2D eigenvalue weighted by Crippen LogP contribution is -2.17. The number of aromatic nitrogens is 2. The van der Waals surface area contributed by atoms with E-state index in [0.29, 0.717) is 11.1 Å². The molecule has 3 aromatic rings. The Morgan fingerprint density at radius 1 is 1.26 bits per heavy atom. The summed E-state index contributed by atoms with van der Waals surface area (Å²) in [5, 5.41) is 2.50. The predicted octanol–water partition coefficient (Wildman–Crippen LogP) is 2.66. The second-order valence-electron chi connectivity index (χ2n) is 4.22. The summed E-state index contributed by atoms with van der Waals surface area (Å²) in [5.41, 5.74) is 0.741. The Hall–Kier alpha value is -2.07. The van der Waals surface area contributed by atoms with Gasteiger partial charge >= 0.3 is 0 Å². The fraction of sp³-hybridized carbons (Fsp3) is 0.143. The van der Waals surface area contributed by atoms with Crippen LogP contribution in [0.3, 0.4) is 0 Å². The van der Waals surface area contributed by atoms with E-state index in [1.54, 1.807) is 24.0 Å². The number of benzene rings is 1. The molecule has 4 nitrogen and oxygen atoms in total. The molecule has 0 saturated carbocycles. The lowest BCUT2D eigenvalue weighted by atomic mass is 10.1. The summed E-state index contributed by atoms with van der Waals surface area (Å²) in [6.45, 7) is 0. The SMILES string of the molecule is Cn1c(=O)c2cnccc2c2ccc(OCCl)cc21. The van der Waals surface area contributed by atoms with Crippen molar-refractivity contribution in [3.05, 3.63) is 47.0 Å². The van der Waals surface area contributed by atoms with Crippen molar-refractivity contribution >= 4 is 33.3 Å². The predicted molar refractivity (Wildman–Crippen MR) is 75.8 cm³/mol. The van der Waals surface area contributed by atoms with E-state index in [-0.39, 0.29) is 11.6 Å². The van der Waals surface area contributed by atoms with Crippen LogP contribution < -0.4 is 10.3 Å². The van der Waals surface area contributed by atoms with Crippen molar-refractivity contribution in [2.75, 3.05) is 6.07 Å². The minimum absolute atomic E-state index is 0.0707. The monoisotopic (exact) mass is 274 g/mol. The summed E-state index contributed by atoms with van der Waals surface area (Å²) in [5.74, 6) is 0.644. The van der Waals surface area contributed by atoms with E-state index in [0.717, 1.165) is 16.3 Å². The Morgan fingerprint density at radius 3 is 2.89 bits per heavy atom. The third-order valence-electron chi connectivity index (χ3n) is 3.20. The molecule has 2 heterocycles. The van der Waals surface area contributed by atoms with Gasteiger partial charge < -0.3 is 9.30 Å². The molecule has 0 radical (unpaired) electrons. The minimum Gasteiger partial charge on any atom is -0.478 e. The summed E-state index contributed by atoms with van der Waals surface area (Å²) in [6, 6.07) is 7.52. The van der Waals surface area contributed by atoms with Gasteiger partial charge in [-0.05, 0) is 23.6 Å². The third-order valence-corrected chi connectivity index (χ3v) is 3.31. The maximum Gasteiger partial charge on any atom is 0.260 e. The van der Waals surface area contributed by atoms with Gasteiger partial charge in [0.15, 0.2) is 6.07 Å². The Bertz CT molecular complexity index is 827. The summed E-state index contributed by atoms with van der Waals surface area (Å²) in [7, 11) is 1.74. The summed E-state index contributed by atoms with van der Waals surface area (Å²) in [4.78, 5) is 16.3. The number of pyridine rings is 2. The Labute approximate surface area is 114 Å². The maximum atomic E-state index is 12.3. The Kier molecular flexibility index (Phi) is 2.87. The van der Waals surface area contributed by atoms with Crippen LogP contribution in [-0.4, -0.2) is 15.6 Å². The maximum absolute atomic E-state index is 12.3. The molecule has 0 atom stereocenters. The van der Waals surface area contributed by atoms with Gasteiger partial charge in [0, 0.05) is 30.9 Å². The number of hydrogen-bond acceptors (Lipinski definition) is 3. The average Bonchev–Trinajstić information content (AvgIpc) is 2.45. The van der Waals surface area contributed by atoms with Gasteiger partial charge in [0.1, 0.15) is 5.75 Å². The van der Waals surface area contributed by atoms with Crippen molar-refractivity contribution in [2.24, 2.45) is 7.05 Å². The van der Waals surface area contributed by atoms with Gasteiger partial charge in [0.05, 0.1) is 10.9 Å². The van der Waals surface area contributed by atoms with E-state index in [9.17, 15) is 4.79 Å². The van der Waals surface area contributed by atoms with Crippen LogP contribution in [0.15, 0.2) is 41.5 Å². The first-order chi connectivity index (χ1) is 9.22. The number of alkyl halides is 1. The highest BCUT2D eigenvalue weighted by Crippen LogP contribution is 2.25. The lowest BCUT2D eigenvalue weighted by molar-refractivity contribution is 0.388. The second-order valence-corrected chi connectivity index (χ2v) is 4.44. The highest BCUT2D eigenvalue weighted by molar-refractivity contribution is 6.17. The van der Waals surface area contributed by atoms with Gasteiger partial charge in [0.2, 0.25) is 0 Å². The molecular weight excluding hydrogens is 264 g/mol. The van der Waals surface area contributed by atoms with Crippen molar-refractivity contribution in [2.45, 2.75) is 0 Å². The molecule has 0 saturated heterocycles. The molecule has 19 heavy (non-hydrogen) atoms. The van der Waals surface area contributed by atoms with E-state index in [2.05, 4.69) is 4.98 Å². The lowest BCUT2D eigenvalue weighted by Gasteiger charge is -2.10. The largest absolute Gasteiger partial charge is 0.478 e. The van der Waals surface area contributed by atoms with Crippen LogP contribution in [0.5, 0.6) is 5.75 Å². The van der Waals surface area contributed by atoms with Gasteiger partial charge in [-0.1, -0.05) is 11.6 Å². The van der Waals surface area contributed by atoms with Gasteiger partial charge in [-0.3, -0.25) is 9.78 Å². The molecule has 0 aliphatic carbocycles. The van der Waals surface area contributed by atoms with Crippen LogP contribution in [0.25, 0.3) is 21.7 Å². The van der Waals surface area contributed by atoms with Crippen LogP contribution in [0, 0.1) is 0 Å². The van der Waals surface area contributed by atoms with Crippen molar-refractivity contribution in [3.8, 4) is 5.75 Å². The minimum atomic E-state index is -0.0707. The van der Waals surface area contributed by atoms with Crippen LogP contribution in [0.1, 0.15) is 0 Å². The van der Waals surface area contributed by atoms with Crippen LogP contribution in [0.4, 0.5) is 0 Å². The first-order valence-corrected chi connectivity index (χ1v) is 6.31. The molecule has 0 fully saturated rings. The third kappa shape index (κ3) is 1.85. The molecule has 0 unspecified atom stereocenters. The Balaban J connectivity index is 2.47. The van der Waals surface area contributed by atoms with Gasteiger partial charge in [-0.25, -0.2) is 0 Å².